The first-order chi connectivity index (χ1) is 10.6. The fraction of sp³-hybridized carbons (Fsp3) is 0.500. The van der Waals surface area contributed by atoms with E-state index >= 15 is 0 Å². The summed E-state index contributed by atoms with van der Waals surface area (Å²) in [5, 5.41) is 3.99. The molecule has 0 radical (unpaired) electrons. The van der Waals surface area contributed by atoms with Crippen molar-refractivity contribution in [1.29, 1.82) is 0 Å². The quantitative estimate of drug-likeness (QED) is 0.869. The molecular formula is C16H20FN3O2. The molecule has 118 valence electrons. The number of aromatic nitrogens is 2. The zero-order valence-corrected chi connectivity index (χ0v) is 12.9. The Morgan fingerprint density at radius 3 is 2.77 bits per heavy atom. The first-order valence-corrected chi connectivity index (χ1v) is 7.54. The SMILES string of the molecule is Cc1noc(C)c1CN1CCC(Oc2ncccc2F)CC1. The highest BCUT2D eigenvalue weighted by atomic mass is 19.1. The van der Waals surface area contributed by atoms with Crippen LogP contribution in [0.5, 0.6) is 5.88 Å². The highest BCUT2D eigenvalue weighted by Gasteiger charge is 2.23. The molecule has 3 rings (SSSR count). The zero-order chi connectivity index (χ0) is 15.5. The van der Waals surface area contributed by atoms with Crippen LogP contribution in [-0.4, -0.2) is 34.2 Å². The van der Waals surface area contributed by atoms with Crippen LogP contribution in [0.3, 0.4) is 0 Å². The summed E-state index contributed by atoms with van der Waals surface area (Å²) >= 11 is 0. The van der Waals surface area contributed by atoms with E-state index < -0.39 is 5.82 Å². The standard InChI is InChI=1S/C16H20FN3O2/c1-11-14(12(2)22-19-11)10-20-8-5-13(6-9-20)21-16-15(17)4-3-7-18-16/h3-4,7,13H,5-6,8-10H2,1-2H3. The van der Waals surface area contributed by atoms with Gasteiger partial charge in [-0.15, -0.1) is 0 Å². The second kappa shape index (κ2) is 6.44. The number of nitrogens with zero attached hydrogens (tertiary/aromatic N) is 3. The lowest BCUT2D eigenvalue weighted by atomic mass is 10.1. The van der Waals surface area contributed by atoms with Gasteiger partial charge in [-0.1, -0.05) is 5.16 Å². The van der Waals surface area contributed by atoms with E-state index in [9.17, 15) is 4.39 Å². The van der Waals surface area contributed by atoms with E-state index in [0.717, 1.165) is 49.5 Å². The summed E-state index contributed by atoms with van der Waals surface area (Å²) in [6, 6.07) is 2.93. The Labute approximate surface area is 129 Å². The van der Waals surface area contributed by atoms with E-state index in [4.69, 9.17) is 9.26 Å². The number of ether oxygens (including phenoxy) is 1. The van der Waals surface area contributed by atoms with Crippen molar-refractivity contribution in [2.45, 2.75) is 39.3 Å². The smallest absolute Gasteiger partial charge is 0.250 e. The van der Waals surface area contributed by atoms with Crippen LogP contribution >= 0.6 is 0 Å². The molecular weight excluding hydrogens is 285 g/mol. The predicted molar refractivity (Wildman–Crippen MR) is 79.1 cm³/mol. The number of aryl methyl sites for hydroxylation is 2. The molecule has 0 unspecified atom stereocenters. The van der Waals surface area contributed by atoms with Crippen LogP contribution in [-0.2, 0) is 6.54 Å². The zero-order valence-electron chi connectivity index (χ0n) is 12.9. The van der Waals surface area contributed by atoms with Crippen molar-refractivity contribution in [2.75, 3.05) is 13.1 Å². The van der Waals surface area contributed by atoms with E-state index in [0.29, 0.717) is 0 Å². The van der Waals surface area contributed by atoms with Gasteiger partial charge in [-0.25, -0.2) is 9.37 Å². The average Bonchev–Trinajstić information content (AvgIpc) is 2.83. The molecule has 0 saturated carbocycles. The number of halogens is 1. The topological polar surface area (TPSA) is 51.4 Å². The first kappa shape index (κ1) is 15.0. The lowest BCUT2D eigenvalue weighted by Crippen LogP contribution is -2.38. The summed E-state index contributed by atoms with van der Waals surface area (Å²) in [7, 11) is 0. The molecule has 1 fully saturated rings. The minimum absolute atomic E-state index is 0.0188. The number of hydrogen-bond donors (Lipinski definition) is 0. The molecule has 3 heterocycles. The maximum Gasteiger partial charge on any atom is 0.250 e. The lowest BCUT2D eigenvalue weighted by Gasteiger charge is -2.31. The van der Waals surface area contributed by atoms with Crippen molar-refractivity contribution < 1.29 is 13.7 Å². The van der Waals surface area contributed by atoms with Crippen molar-refractivity contribution in [1.82, 2.24) is 15.0 Å². The van der Waals surface area contributed by atoms with Crippen molar-refractivity contribution >= 4 is 0 Å². The Balaban J connectivity index is 1.53. The summed E-state index contributed by atoms with van der Waals surface area (Å²) in [5.41, 5.74) is 2.11. The minimum Gasteiger partial charge on any atom is -0.472 e. The summed E-state index contributed by atoms with van der Waals surface area (Å²) in [4.78, 5) is 6.29. The van der Waals surface area contributed by atoms with Crippen LogP contribution < -0.4 is 4.74 Å². The molecule has 1 aliphatic rings. The van der Waals surface area contributed by atoms with Gasteiger partial charge in [0, 0.05) is 31.4 Å². The van der Waals surface area contributed by atoms with Crippen molar-refractivity contribution in [3.8, 4) is 5.88 Å². The summed E-state index contributed by atoms with van der Waals surface area (Å²) < 4.78 is 24.4. The Bertz CT molecular complexity index is 617. The molecule has 0 spiro atoms. The third-order valence-electron chi connectivity index (χ3n) is 4.10. The van der Waals surface area contributed by atoms with E-state index in [-0.39, 0.29) is 12.0 Å². The lowest BCUT2D eigenvalue weighted by molar-refractivity contribution is 0.0893. The van der Waals surface area contributed by atoms with Crippen LogP contribution in [0.4, 0.5) is 4.39 Å². The molecule has 1 saturated heterocycles. The first-order valence-electron chi connectivity index (χ1n) is 7.54. The van der Waals surface area contributed by atoms with E-state index in [2.05, 4.69) is 15.0 Å². The number of hydrogen-bond acceptors (Lipinski definition) is 5. The third-order valence-corrected chi connectivity index (χ3v) is 4.10. The normalized spacial score (nSPS) is 16.9. The van der Waals surface area contributed by atoms with E-state index in [1.807, 2.05) is 13.8 Å². The number of piperidine rings is 1. The van der Waals surface area contributed by atoms with E-state index in [1.54, 1.807) is 12.3 Å². The largest absolute Gasteiger partial charge is 0.472 e. The maximum absolute atomic E-state index is 13.5. The molecule has 22 heavy (non-hydrogen) atoms. The third kappa shape index (κ3) is 3.27. The highest BCUT2D eigenvalue weighted by molar-refractivity contribution is 5.20. The summed E-state index contributed by atoms with van der Waals surface area (Å²) in [5.74, 6) is 0.582. The maximum atomic E-state index is 13.5. The number of rotatable bonds is 4. The van der Waals surface area contributed by atoms with Crippen LogP contribution in [0, 0.1) is 19.7 Å². The predicted octanol–water partition coefficient (Wildman–Crippen LogP) is 2.87. The molecule has 0 atom stereocenters. The summed E-state index contributed by atoms with van der Waals surface area (Å²) in [6.45, 7) is 6.55. The van der Waals surface area contributed by atoms with Gasteiger partial charge in [-0.05, 0) is 38.8 Å². The van der Waals surface area contributed by atoms with Crippen LogP contribution in [0.2, 0.25) is 0 Å². The van der Waals surface area contributed by atoms with Crippen LogP contribution in [0.1, 0.15) is 29.9 Å². The molecule has 1 aliphatic heterocycles. The monoisotopic (exact) mass is 305 g/mol. The van der Waals surface area contributed by atoms with Crippen LogP contribution in [0.15, 0.2) is 22.9 Å². The second-order valence-electron chi connectivity index (χ2n) is 5.69. The highest BCUT2D eigenvalue weighted by Crippen LogP contribution is 2.22. The van der Waals surface area contributed by atoms with Gasteiger partial charge in [0.25, 0.3) is 5.88 Å². The molecule has 0 bridgehead atoms. The van der Waals surface area contributed by atoms with Gasteiger partial charge >= 0.3 is 0 Å². The van der Waals surface area contributed by atoms with Crippen molar-refractivity contribution in [3.05, 3.63) is 41.2 Å². The molecule has 0 amide bonds. The number of pyridine rings is 1. The molecule has 5 nitrogen and oxygen atoms in total. The van der Waals surface area contributed by atoms with Crippen molar-refractivity contribution in [3.63, 3.8) is 0 Å². The Morgan fingerprint density at radius 2 is 2.14 bits per heavy atom. The Hall–Kier alpha value is -1.95. The molecule has 2 aromatic rings. The van der Waals surface area contributed by atoms with Gasteiger partial charge in [0.05, 0.1) is 5.69 Å². The molecule has 2 aromatic heterocycles. The molecule has 0 aromatic carbocycles. The second-order valence-corrected chi connectivity index (χ2v) is 5.69. The Kier molecular flexibility index (Phi) is 4.38. The fourth-order valence-corrected chi connectivity index (χ4v) is 2.75. The van der Waals surface area contributed by atoms with Gasteiger partial charge < -0.3 is 9.26 Å². The minimum atomic E-state index is -0.402. The van der Waals surface area contributed by atoms with Gasteiger partial charge in [-0.2, -0.15) is 0 Å². The van der Waals surface area contributed by atoms with E-state index in [1.165, 1.54) is 6.07 Å². The van der Waals surface area contributed by atoms with Gasteiger partial charge in [0.15, 0.2) is 5.82 Å². The molecule has 6 heteroatoms. The van der Waals surface area contributed by atoms with Gasteiger partial charge in [0.1, 0.15) is 11.9 Å². The Morgan fingerprint density at radius 1 is 1.36 bits per heavy atom. The molecule has 0 aliphatic carbocycles. The molecule has 0 N–H and O–H groups in total. The number of likely N-dealkylation sites (tertiary alicyclic amines) is 1. The van der Waals surface area contributed by atoms with Crippen molar-refractivity contribution in [2.24, 2.45) is 0 Å². The van der Waals surface area contributed by atoms with Gasteiger partial charge in [-0.3, -0.25) is 4.90 Å². The average molecular weight is 305 g/mol. The van der Waals surface area contributed by atoms with Crippen LogP contribution in [0.25, 0.3) is 0 Å². The summed E-state index contributed by atoms with van der Waals surface area (Å²) in [6.07, 6.45) is 3.29. The fourth-order valence-electron chi connectivity index (χ4n) is 2.75. The van der Waals surface area contributed by atoms with Gasteiger partial charge in [0.2, 0.25) is 0 Å².